The van der Waals surface area contributed by atoms with E-state index in [9.17, 15) is 0 Å². The standard InChI is InChI=1S/C26H32N4O/c1-20(10-8-13-21-11-4-3-5-12-21)18-22-14-6-7-17-25(30-26(27)29-22)28-23-15-9-16-24(19-23)31-2/h3-5,9,11-12,15-17,19,28H,1,6-8,10,13-14,18H2,2H3,(H2,27,30)/b25-17+,29-22?. The van der Waals surface area contributed by atoms with Gasteiger partial charge in [0, 0.05) is 23.9 Å². The third kappa shape index (κ3) is 7.78. The first kappa shape index (κ1) is 22.3. The smallest absolute Gasteiger partial charge is 0.221 e. The molecule has 0 amide bonds. The highest BCUT2D eigenvalue weighted by molar-refractivity contribution is 5.98. The molecule has 3 rings (SSSR count). The highest BCUT2D eigenvalue weighted by atomic mass is 16.5. The van der Waals surface area contributed by atoms with Crippen LogP contribution in [-0.2, 0) is 6.42 Å². The topological polar surface area (TPSA) is 72.0 Å². The number of anilines is 1. The number of rotatable bonds is 9. The Balaban J connectivity index is 1.57. The first-order valence-electron chi connectivity index (χ1n) is 10.8. The fourth-order valence-corrected chi connectivity index (χ4v) is 3.58. The van der Waals surface area contributed by atoms with Gasteiger partial charge in [-0.15, -0.1) is 0 Å². The Morgan fingerprint density at radius 1 is 1.13 bits per heavy atom. The van der Waals surface area contributed by atoms with Crippen LogP contribution in [0.25, 0.3) is 0 Å². The van der Waals surface area contributed by atoms with Crippen LogP contribution in [0.3, 0.4) is 0 Å². The molecule has 0 fully saturated rings. The summed E-state index contributed by atoms with van der Waals surface area (Å²) in [6.07, 6.45) is 8.81. The van der Waals surface area contributed by atoms with Crippen molar-refractivity contribution >= 4 is 17.4 Å². The molecule has 0 unspecified atom stereocenters. The number of nitrogens with zero attached hydrogens (tertiary/aromatic N) is 2. The molecule has 5 heteroatoms. The molecule has 2 aromatic rings. The fraction of sp³-hybridized carbons (Fsp3) is 0.308. The number of methoxy groups -OCH3 is 1. The van der Waals surface area contributed by atoms with E-state index in [1.54, 1.807) is 7.11 Å². The molecule has 5 nitrogen and oxygen atoms in total. The van der Waals surface area contributed by atoms with E-state index in [1.807, 2.05) is 24.3 Å². The molecular formula is C26H32N4O. The first-order valence-corrected chi connectivity index (χ1v) is 10.8. The van der Waals surface area contributed by atoms with Gasteiger partial charge in [0.1, 0.15) is 11.6 Å². The molecule has 1 aliphatic rings. The maximum absolute atomic E-state index is 6.14. The quantitative estimate of drug-likeness (QED) is 0.503. The van der Waals surface area contributed by atoms with Gasteiger partial charge in [0.25, 0.3) is 0 Å². The van der Waals surface area contributed by atoms with Crippen molar-refractivity contribution in [3.05, 3.63) is 84.2 Å². The van der Waals surface area contributed by atoms with Gasteiger partial charge in [0.15, 0.2) is 0 Å². The van der Waals surface area contributed by atoms with Crippen molar-refractivity contribution in [2.24, 2.45) is 15.7 Å². The highest BCUT2D eigenvalue weighted by Gasteiger charge is 2.08. The lowest BCUT2D eigenvalue weighted by Crippen LogP contribution is -2.14. The zero-order valence-electron chi connectivity index (χ0n) is 18.3. The first-order chi connectivity index (χ1) is 15.1. The van der Waals surface area contributed by atoms with Crippen molar-refractivity contribution in [3.8, 4) is 5.75 Å². The lowest BCUT2D eigenvalue weighted by Gasteiger charge is -2.09. The van der Waals surface area contributed by atoms with E-state index in [1.165, 1.54) is 11.1 Å². The minimum absolute atomic E-state index is 0.274. The Labute approximate surface area is 185 Å². The number of nitrogens with one attached hydrogen (secondary N) is 1. The van der Waals surface area contributed by atoms with E-state index in [0.717, 1.165) is 62.1 Å². The molecule has 3 N–H and O–H groups in total. The Morgan fingerprint density at radius 2 is 1.97 bits per heavy atom. The Morgan fingerprint density at radius 3 is 2.77 bits per heavy atom. The molecular weight excluding hydrogens is 384 g/mol. The average Bonchev–Trinajstić information content (AvgIpc) is 2.85. The van der Waals surface area contributed by atoms with Crippen molar-refractivity contribution in [2.45, 2.75) is 44.9 Å². The van der Waals surface area contributed by atoms with Crippen LogP contribution in [0.15, 0.2) is 88.6 Å². The second kappa shape index (κ2) is 11.7. The number of ether oxygens (including phenoxy) is 1. The highest BCUT2D eigenvalue weighted by Crippen LogP contribution is 2.20. The molecule has 0 atom stereocenters. The van der Waals surface area contributed by atoms with E-state index >= 15 is 0 Å². The van der Waals surface area contributed by atoms with Crippen LogP contribution in [0.4, 0.5) is 5.69 Å². The Bertz CT molecular complexity index is 960. The number of nitrogens with two attached hydrogens (primary N) is 1. The molecule has 1 aliphatic heterocycles. The predicted molar refractivity (Wildman–Crippen MR) is 131 cm³/mol. The van der Waals surface area contributed by atoms with E-state index < -0.39 is 0 Å². The molecule has 0 bridgehead atoms. The number of aliphatic imine (C=N–C) groups is 2. The molecule has 2 aromatic carbocycles. The van der Waals surface area contributed by atoms with Gasteiger partial charge in [-0.1, -0.05) is 48.6 Å². The summed E-state index contributed by atoms with van der Waals surface area (Å²) in [6.45, 7) is 4.27. The summed E-state index contributed by atoms with van der Waals surface area (Å²) in [5, 5.41) is 3.31. The summed E-state index contributed by atoms with van der Waals surface area (Å²) in [4.78, 5) is 9.10. The van der Waals surface area contributed by atoms with Gasteiger partial charge < -0.3 is 15.8 Å². The zero-order chi connectivity index (χ0) is 21.9. The number of aryl methyl sites for hydroxylation is 1. The number of hydrogen-bond acceptors (Lipinski definition) is 5. The van der Waals surface area contributed by atoms with Crippen LogP contribution < -0.4 is 15.8 Å². The summed E-state index contributed by atoms with van der Waals surface area (Å²) in [6, 6.07) is 18.3. The van der Waals surface area contributed by atoms with E-state index in [-0.39, 0.29) is 5.96 Å². The van der Waals surface area contributed by atoms with Crippen molar-refractivity contribution in [1.29, 1.82) is 0 Å². The molecule has 0 aromatic heterocycles. The molecule has 162 valence electrons. The number of allylic oxidation sites excluding steroid dienone is 2. The second-order valence-corrected chi connectivity index (χ2v) is 7.75. The maximum Gasteiger partial charge on any atom is 0.221 e. The third-order valence-corrected chi connectivity index (χ3v) is 5.15. The van der Waals surface area contributed by atoms with Gasteiger partial charge in [-0.3, -0.25) is 0 Å². The minimum Gasteiger partial charge on any atom is -0.497 e. The van der Waals surface area contributed by atoms with Crippen molar-refractivity contribution in [3.63, 3.8) is 0 Å². The van der Waals surface area contributed by atoms with Gasteiger partial charge >= 0.3 is 0 Å². The van der Waals surface area contributed by atoms with Crippen molar-refractivity contribution in [2.75, 3.05) is 12.4 Å². The zero-order valence-corrected chi connectivity index (χ0v) is 18.3. The molecule has 1 heterocycles. The van der Waals surface area contributed by atoms with Crippen LogP contribution >= 0.6 is 0 Å². The monoisotopic (exact) mass is 416 g/mol. The number of guanidine groups is 1. The molecule has 0 saturated carbocycles. The largest absolute Gasteiger partial charge is 0.497 e. The van der Waals surface area contributed by atoms with Crippen LogP contribution in [-0.4, -0.2) is 18.8 Å². The normalized spacial score (nSPS) is 16.0. The molecule has 0 radical (unpaired) electrons. The Kier molecular flexibility index (Phi) is 8.47. The van der Waals surface area contributed by atoms with Crippen LogP contribution in [0.2, 0.25) is 0 Å². The van der Waals surface area contributed by atoms with Crippen LogP contribution in [0.5, 0.6) is 5.75 Å². The summed E-state index contributed by atoms with van der Waals surface area (Å²) in [5.41, 5.74) is 10.7. The fourth-order valence-electron chi connectivity index (χ4n) is 3.58. The minimum atomic E-state index is 0.274. The van der Waals surface area contributed by atoms with Crippen molar-refractivity contribution < 1.29 is 4.74 Å². The second-order valence-electron chi connectivity index (χ2n) is 7.75. The molecule has 0 spiro atoms. The van der Waals surface area contributed by atoms with E-state index in [4.69, 9.17) is 10.5 Å². The van der Waals surface area contributed by atoms with E-state index in [2.05, 4.69) is 58.3 Å². The van der Waals surface area contributed by atoms with Gasteiger partial charge in [0.2, 0.25) is 5.96 Å². The third-order valence-electron chi connectivity index (χ3n) is 5.15. The van der Waals surface area contributed by atoms with Crippen molar-refractivity contribution in [1.82, 2.24) is 0 Å². The predicted octanol–water partition coefficient (Wildman–Crippen LogP) is 5.86. The summed E-state index contributed by atoms with van der Waals surface area (Å²) >= 11 is 0. The maximum atomic E-state index is 6.14. The number of benzene rings is 2. The molecule has 31 heavy (non-hydrogen) atoms. The van der Waals surface area contributed by atoms with Gasteiger partial charge in [-0.05, 0) is 62.3 Å². The summed E-state index contributed by atoms with van der Waals surface area (Å²) in [7, 11) is 1.65. The molecule has 0 saturated heterocycles. The van der Waals surface area contributed by atoms with E-state index in [0.29, 0.717) is 5.82 Å². The van der Waals surface area contributed by atoms with Crippen LogP contribution in [0, 0.1) is 0 Å². The van der Waals surface area contributed by atoms with Gasteiger partial charge in [-0.2, -0.15) is 4.99 Å². The van der Waals surface area contributed by atoms with Gasteiger partial charge in [0.05, 0.1) is 7.11 Å². The molecule has 0 aliphatic carbocycles. The Hall–Kier alpha value is -3.34. The number of hydrogen-bond donors (Lipinski definition) is 2. The van der Waals surface area contributed by atoms with Gasteiger partial charge in [-0.25, -0.2) is 4.99 Å². The lowest BCUT2D eigenvalue weighted by atomic mass is 9.99. The summed E-state index contributed by atoms with van der Waals surface area (Å²) in [5.74, 6) is 1.77. The van der Waals surface area contributed by atoms with Crippen LogP contribution in [0.1, 0.15) is 44.1 Å². The lowest BCUT2D eigenvalue weighted by molar-refractivity contribution is 0.415. The average molecular weight is 417 g/mol. The SMILES string of the molecule is C=C(CCCc1ccccc1)CC1=NC(N)=N/C(Nc2cccc(OC)c2)=C/CCC1. The summed E-state index contributed by atoms with van der Waals surface area (Å²) < 4.78 is 5.28.